The maximum atomic E-state index is 12.6. The third-order valence-electron chi connectivity index (χ3n) is 4.69. The van der Waals surface area contributed by atoms with Crippen LogP contribution in [-0.4, -0.2) is 20.6 Å². The van der Waals surface area contributed by atoms with Crippen molar-refractivity contribution in [1.29, 1.82) is 0 Å². The number of benzene rings is 1. The Balaban J connectivity index is 2.07. The van der Waals surface area contributed by atoms with E-state index >= 15 is 0 Å². The molecule has 6 nitrogen and oxygen atoms in total. The Bertz CT molecular complexity index is 1080. The molecule has 25 heavy (non-hydrogen) atoms. The van der Waals surface area contributed by atoms with Crippen molar-refractivity contribution in [2.75, 3.05) is 5.73 Å². The molecule has 1 aromatic carbocycles. The molecule has 0 unspecified atom stereocenters. The SMILES string of the molecule is Cc1c(-c2cncc(N)c2)ccc2c(=O)c(C(=O)O)cn(C3CC3)c12. The second kappa shape index (κ2) is 5.44. The molecule has 0 bridgehead atoms. The number of aromatic nitrogens is 2. The molecule has 1 saturated carbocycles. The van der Waals surface area contributed by atoms with Crippen molar-refractivity contribution in [3.05, 3.63) is 58.1 Å². The van der Waals surface area contributed by atoms with Gasteiger partial charge >= 0.3 is 5.97 Å². The summed E-state index contributed by atoms with van der Waals surface area (Å²) < 4.78 is 1.94. The van der Waals surface area contributed by atoms with Gasteiger partial charge in [-0.1, -0.05) is 6.07 Å². The lowest BCUT2D eigenvalue weighted by Gasteiger charge is -2.16. The summed E-state index contributed by atoms with van der Waals surface area (Å²) in [5.41, 5.74) is 9.30. The highest BCUT2D eigenvalue weighted by Gasteiger charge is 2.27. The molecule has 0 saturated heterocycles. The van der Waals surface area contributed by atoms with Crippen molar-refractivity contribution < 1.29 is 9.90 Å². The number of rotatable bonds is 3. The summed E-state index contributed by atoms with van der Waals surface area (Å²) in [7, 11) is 0. The molecule has 1 aliphatic carbocycles. The minimum atomic E-state index is -1.19. The van der Waals surface area contributed by atoms with Crippen molar-refractivity contribution in [2.45, 2.75) is 25.8 Å². The molecule has 4 rings (SSSR count). The third-order valence-corrected chi connectivity index (χ3v) is 4.69. The fourth-order valence-electron chi connectivity index (χ4n) is 3.33. The summed E-state index contributed by atoms with van der Waals surface area (Å²) in [6.07, 6.45) is 6.77. The van der Waals surface area contributed by atoms with Gasteiger partial charge in [-0.2, -0.15) is 0 Å². The van der Waals surface area contributed by atoms with Gasteiger partial charge in [-0.15, -0.1) is 0 Å². The minimum Gasteiger partial charge on any atom is -0.477 e. The van der Waals surface area contributed by atoms with Gasteiger partial charge in [0.1, 0.15) is 5.56 Å². The fourth-order valence-corrected chi connectivity index (χ4v) is 3.33. The van der Waals surface area contributed by atoms with Gasteiger partial charge in [0.05, 0.1) is 11.2 Å². The lowest BCUT2D eigenvalue weighted by Crippen LogP contribution is -2.19. The van der Waals surface area contributed by atoms with E-state index < -0.39 is 11.4 Å². The first-order valence-corrected chi connectivity index (χ1v) is 8.10. The second-order valence-electron chi connectivity index (χ2n) is 6.46. The van der Waals surface area contributed by atoms with Crippen LogP contribution in [0.1, 0.15) is 34.8 Å². The molecule has 2 aromatic heterocycles. The van der Waals surface area contributed by atoms with E-state index in [-0.39, 0.29) is 11.6 Å². The molecule has 0 amide bonds. The predicted molar refractivity (Wildman–Crippen MR) is 95.8 cm³/mol. The summed E-state index contributed by atoms with van der Waals surface area (Å²) in [5, 5.41) is 9.78. The number of fused-ring (bicyclic) bond motifs is 1. The molecule has 0 aliphatic heterocycles. The maximum absolute atomic E-state index is 12.6. The number of aromatic carboxylic acids is 1. The van der Waals surface area contributed by atoms with Gasteiger partial charge in [0.25, 0.3) is 0 Å². The Morgan fingerprint density at radius 1 is 1.32 bits per heavy atom. The number of hydrogen-bond acceptors (Lipinski definition) is 4. The standard InChI is InChI=1S/C19H17N3O3/c1-10-14(11-6-12(20)8-21-7-11)4-5-15-17(10)22(13-2-3-13)9-16(18(15)23)19(24)25/h4-9,13H,2-3,20H2,1H3,(H,24,25). The van der Waals surface area contributed by atoms with Crippen LogP contribution >= 0.6 is 0 Å². The normalized spacial score (nSPS) is 14.0. The molecule has 0 spiro atoms. The van der Waals surface area contributed by atoms with Gasteiger partial charge in [-0.25, -0.2) is 4.79 Å². The van der Waals surface area contributed by atoms with E-state index in [1.165, 1.54) is 6.20 Å². The number of anilines is 1. The van der Waals surface area contributed by atoms with E-state index in [1.54, 1.807) is 18.5 Å². The summed E-state index contributed by atoms with van der Waals surface area (Å²) >= 11 is 0. The van der Waals surface area contributed by atoms with E-state index in [0.717, 1.165) is 35.0 Å². The number of nitrogens with two attached hydrogens (primary N) is 1. The van der Waals surface area contributed by atoms with E-state index in [2.05, 4.69) is 4.98 Å². The largest absolute Gasteiger partial charge is 0.477 e. The molecule has 2 heterocycles. The first-order chi connectivity index (χ1) is 12.0. The predicted octanol–water partition coefficient (Wildman–Crippen LogP) is 2.99. The average Bonchev–Trinajstić information content (AvgIpc) is 3.40. The van der Waals surface area contributed by atoms with E-state index in [4.69, 9.17) is 5.73 Å². The molecular formula is C19H17N3O3. The van der Waals surface area contributed by atoms with Crippen LogP contribution in [0.3, 0.4) is 0 Å². The molecule has 3 N–H and O–H groups in total. The van der Waals surface area contributed by atoms with Gasteiger partial charge in [-0.05, 0) is 43.0 Å². The molecule has 6 heteroatoms. The van der Waals surface area contributed by atoms with Crippen LogP contribution in [0, 0.1) is 6.92 Å². The van der Waals surface area contributed by atoms with Crippen LogP contribution in [0.25, 0.3) is 22.0 Å². The van der Waals surface area contributed by atoms with Crippen LogP contribution in [0.5, 0.6) is 0 Å². The molecule has 0 radical (unpaired) electrons. The fraction of sp³-hybridized carbons (Fsp3) is 0.211. The highest BCUT2D eigenvalue weighted by Crippen LogP contribution is 2.39. The first-order valence-electron chi connectivity index (χ1n) is 8.10. The zero-order chi connectivity index (χ0) is 17.7. The Labute approximate surface area is 143 Å². The molecule has 0 atom stereocenters. The van der Waals surface area contributed by atoms with Gasteiger partial charge < -0.3 is 15.4 Å². The van der Waals surface area contributed by atoms with Gasteiger partial charge in [-0.3, -0.25) is 9.78 Å². The maximum Gasteiger partial charge on any atom is 0.341 e. The minimum absolute atomic E-state index is 0.183. The highest BCUT2D eigenvalue weighted by molar-refractivity contribution is 5.95. The quantitative estimate of drug-likeness (QED) is 0.767. The zero-order valence-corrected chi connectivity index (χ0v) is 13.7. The number of carboxylic acid groups (broad SMARTS) is 1. The summed E-state index contributed by atoms with van der Waals surface area (Å²) in [4.78, 5) is 28.2. The van der Waals surface area contributed by atoms with E-state index in [0.29, 0.717) is 11.1 Å². The Morgan fingerprint density at radius 2 is 2.08 bits per heavy atom. The summed E-state index contributed by atoms with van der Waals surface area (Å²) in [5.74, 6) is -1.19. The average molecular weight is 335 g/mol. The monoisotopic (exact) mass is 335 g/mol. The van der Waals surface area contributed by atoms with Crippen molar-refractivity contribution in [1.82, 2.24) is 9.55 Å². The zero-order valence-electron chi connectivity index (χ0n) is 13.7. The molecule has 126 valence electrons. The first kappa shape index (κ1) is 15.4. The van der Waals surface area contributed by atoms with E-state index in [1.807, 2.05) is 23.6 Å². The molecule has 1 fully saturated rings. The Kier molecular flexibility index (Phi) is 3.35. The Morgan fingerprint density at radius 3 is 2.72 bits per heavy atom. The number of carboxylic acids is 1. The van der Waals surface area contributed by atoms with Crippen molar-refractivity contribution in [3.63, 3.8) is 0 Å². The van der Waals surface area contributed by atoms with Crippen LogP contribution < -0.4 is 11.2 Å². The number of carbonyl (C=O) groups is 1. The number of nitrogens with zero attached hydrogens (tertiary/aromatic N) is 2. The van der Waals surface area contributed by atoms with Gasteiger partial charge in [0.15, 0.2) is 0 Å². The van der Waals surface area contributed by atoms with Crippen LogP contribution in [0.2, 0.25) is 0 Å². The second-order valence-corrected chi connectivity index (χ2v) is 6.46. The van der Waals surface area contributed by atoms with Crippen molar-refractivity contribution in [2.24, 2.45) is 0 Å². The lowest BCUT2D eigenvalue weighted by molar-refractivity contribution is 0.0695. The summed E-state index contributed by atoms with van der Waals surface area (Å²) in [6.45, 7) is 1.94. The van der Waals surface area contributed by atoms with Gasteiger partial charge in [0.2, 0.25) is 5.43 Å². The molecular weight excluding hydrogens is 318 g/mol. The number of nitrogen functional groups attached to an aromatic ring is 1. The smallest absolute Gasteiger partial charge is 0.341 e. The van der Waals surface area contributed by atoms with Crippen LogP contribution in [0.4, 0.5) is 5.69 Å². The van der Waals surface area contributed by atoms with Crippen LogP contribution in [-0.2, 0) is 0 Å². The topological polar surface area (TPSA) is 98.2 Å². The van der Waals surface area contributed by atoms with Gasteiger partial charge in [0, 0.05) is 35.6 Å². The van der Waals surface area contributed by atoms with Crippen molar-refractivity contribution in [3.8, 4) is 11.1 Å². The Hall–Kier alpha value is -3.15. The number of pyridine rings is 2. The lowest BCUT2D eigenvalue weighted by atomic mass is 9.97. The molecule has 1 aliphatic rings. The number of hydrogen-bond donors (Lipinski definition) is 2. The highest BCUT2D eigenvalue weighted by atomic mass is 16.4. The van der Waals surface area contributed by atoms with Crippen LogP contribution in [0.15, 0.2) is 41.6 Å². The molecule has 3 aromatic rings. The van der Waals surface area contributed by atoms with Crippen molar-refractivity contribution >= 4 is 22.6 Å². The third kappa shape index (κ3) is 2.46. The van der Waals surface area contributed by atoms with E-state index in [9.17, 15) is 14.7 Å². The summed E-state index contributed by atoms with van der Waals surface area (Å²) in [6, 6.07) is 5.62. The number of aryl methyl sites for hydroxylation is 1.